The van der Waals surface area contributed by atoms with Crippen molar-refractivity contribution in [2.24, 2.45) is 0 Å². The number of nitrogens with zero attached hydrogens (tertiary/aromatic N) is 2. The summed E-state index contributed by atoms with van der Waals surface area (Å²) in [5.74, 6) is 1.72. The first-order valence-electron chi connectivity index (χ1n) is 11.8. The highest BCUT2D eigenvalue weighted by molar-refractivity contribution is 5.93. The van der Waals surface area contributed by atoms with E-state index in [1.54, 1.807) is 7.11 Å². The van der Waals surface area contributed by atoms with Gasteiger partial charge in [0.1, 0.15) is 18.1 Å². The third kappa shape index (κ3) is 7.07. The van der Waals surface area contributed by atoms with Crippen LogP contribution in [0.2, 0.25) is 0 Å². The van der Waals surface area contributed by atoms with Crippen molar-refractivity contribution >= 4 is 11.6 Å². The third-order valence-electron chi connectivity index (χ3n) is 6.10. The largest absolute Gasteiger partial charge is 0.497 e. The zero-order valence-corrected chi connectivity index (χ0v) is 19.8. The van der Waals surface area contributed by atoms with Crippen LogP contribution in [0.1, 0.15) is 11.1 Å². The van der Waals surface area contributed by atoms with Gasteiger partial charge in [-0.3, -0.25) is 14.6 Å². The summed E-state index contributed by atoms with van der Waals surface area (Å²) >= 11 is 0. The van der Waals surface area contributed by atoms with Crippen molar-refractivity contribution in [3.05, 3.63) is 90.0 Å². The molecule has 0 unspecified atom stereocenters. The predicted octanol–water partition coefficient (Wildman–Crippen LogP) is 3.92. The SMILES string of the molecule is COc1ccc(OCCN2CCN(CC(=O)Nc3ccccc3Cc3ccccc3)CC2)cc1. The lowest BCUT2D eigenvalue weighted by Crippen LogP contribution is -2.49. The van der Waals surface area contributed by atoms with E-state index in [-0.39, 0.29) is 5.91 Å². The number of carbonyl (C=O) groups excluding carboxylic acids is 1. The summed E-state index contributed by atoms with van der Waals surface area (Å²) in [5, 5.41) is 3.13. The molecule has 0 atom stereocenters. The Morgan fingerprint density at radius 3 is 2.21 bits per heavy atom. The number of ether oxygens (including phenoxy) is 2. The number of hydrogen-bond acceptors (Lipinski definition) is 5. The molecule has 0 radical (unpaired) electrons. The first-order valence-corrected chi connectivity index (χ1v) is 11.8. The Hall–Kier alpha value is -3.35. The minimum atomic E-state index is 0.0387. The van der Waals surface area contributed by atoms with Crippen LogP contribution in [-0.2, 0) is 11.2 Å². The molecule has 1 fully saturated rings. The molecule has 0 spiro atoms. The molecule has 3 aromatic rings. The molecule has 0 aromatic heterocycles. The summed E-state index contributed by atoms with van der Waals surface area (Å²) in [7, 11) is 1.66. The summed E-state index contributed by atoms with van der Waals surface area (Å²) in [6.45, 7) is 5.55. The van der Waals surface area contributed by atoms with Crippen LogP contribution in [0.4, 0.5) is 5.69 Å². The van der Waals surface area contributed by atoms with Gasteiger partial charge in [0.15, 0.2) is 0 Å². The molecule has 6 nitrogen and oxygen atoms in total. The molecule has 0 saturated carbocycles. The first kappa shape index (κ1) is 23.8. The van der Waals surface area contributed by atoms with Crippen molar-refractivity contribution in [1.29, 1.82) is 0 Å². The summed E-state index contributed by atoms with van der Waals surface area (Å²) < 4.78 is 11.0. The normalized spacial score (nSPS) is 14.5. The van der Waals surface area contributed by atoms with E-state index in [4.69, 9.17) is 9.47 Å². The minimum absolute atomic E-state index is 0.0387. The molecule has 1 amide bonds. The molecule has 178 valence electrons. The highest BCUT2D eigenvalue weighted by Gasteiger charge is 2.19. The number of anilines is 1. The smallest absolute Gasteiger partial charge is 0.238 e. The van der Waals surface area contributed by atoms with Crippen LogP contribution in [0.5, 0.6) is 11.5 Å². The fourth-order valence-electron chi connectivity index (χ4n) is 4.14. The van der Waals surface area contributed by atoms with Crippen LogP contribution in [0.25, 0.3) is 0 Å². The first-order chi connectivity index (χ1) is 16.7. The number of piperazine rings is 1. The topological polar surface area (TPSA) is 54.0 Å². The van der Waals surface area contributed by atoms with Gasteiger partial charge in [0.2, 0.25) is 5.91 Å². The molecule has 3 aromatic carbocycles. The van der Waals surface area contributed by atoms with Gasteiger partial charge >= 0.3 is 0 Å². The molecule has 0 aliphatic carbocycles. The van der Waals surface area contributed by atoms with Crippen molar-refractivity contribution in [3.8, 4) is 11.5 Å². The monoisotopic (exact) mass is 459 g/mol. The molecule has 1 heterocycles. The van der Waals surface area contributed by atoms with E-state index in [1.165, 1.54) is 5.56 Å². The van der Waals surface area contributed by atoms with Gasteiger partial charge in [0, 0.05) is 38.4 Å². The molecular formula is C28H33N3O3. The Balaban J connectivity index is 1.18. The Morgan fingerprint density at radius 2 is 1.47 bits per heavy atom. The number of para-hydroxylation sites is 1. The molecule has 1 N–H and O–H groups in total. The molecule has 34 heavy (non-hydrogen) atoms. The Bertz CT molecular complexity index is 1030. The van der Waals surface area contributed by atoms with Crippen LogP contribution in [0.15, 0.2) is 78.9 Å². The van der Waals surface area contributed by atoms with Crippen molar-refractivity contribution < 1.29 is 14.3 Å². The standard InChI is InChI=1S/C28H33N3O3/c1-33-25-11-13-26(14-12-25)34-20-19-30-15-17-31(18-16-30)22-28(32)29-27-10-6-5-9-24(27)21-23-7-3-2-4-8-23/h2-14H,15-22H2,1H3,(H,29,32). The molecule has 1 aliphatic heterocycles. The number of amides is 1. The van der Waals surface area contributed by atoms with Gasteiger partial charge < -0.3 is 14.8 Å². The molecular weight excluding hydrogens is 426 g/mol. The maximum atomic E-state index is 12.7. The zero-order valence-electron chi connectivity index (χ0n) is 19.8. The minimum Gasteiger partial charge on any atom is -0.497 e. The average Bonchev–Trinajstić information content (AvgIpc) is 2.87. The number of hydrogen-bond donors (Lipinski definition) is 1. The van der Waals surface area contributed by atoms with Gasteiger partial charge in [-0.05, 0) is 47.9 Å². The predicted molar refractivity (Wildman–Crippen MR) is 136 cm³/mol. The van der Waals surface area contributed by atoms with Crippen molar-refractivity contribution in [1.82, 2.24) is 9.80 Å². The Labute approximate surface area is 202 Å². The van der Waals surface area contributed by atoms with Gasteiger partial charge in [-0.25, -0.2) is 0 Å². The number of methoxy groups -OCH3 is 1. The Morgan fingerprint density at radius 1 is 0.824 bits per heavy atom. The van der Waals surface area contributed by atoms with Crippen LogP contribution in [0, 0.1) is 0 Å². The van der Waals surface area contributed by atoms with E-state index in [9.17, 15) is 4.79 Å². The summed E-state index contributed by atoms with van der Waals surface area (Å²) in [4.78, 5) is 17.3. The molecule has 6 heteroatoms. The Kier molecular flexibility index (Phi) is 8.54. The van der Waals surface area contributed by atoms with E-state index in [2.05, 4.69) is 33.3 Å². The second-order valence-corrected chi connectivity index (χ2v) is 8.51. The summed E-state index contributed by atoms with van der Waals surface area (Å²) in [6.07, 6.45) is 0.800. The summed E-state index contributed by atoms with van der Waals surface area (Å²) in [5.41, 5.74) is 3.26. The summed E-state index contributed by atoms with van der Waals surface area (Å²) in [6, 6.07) is 26.0. The zero-order chi connectivity index (χ0) is 23.6. The number of rotatable bonds is 10. The van der Waals surface area contributed by atoms with E-state index >= 15 is 0 Å². The number of carbonyl (C=O) groups is 1. The van der Waals surface area contributed by atoms with Crippen LogP contribution >= 0.6 is 0 Å². The molecule has 1 saturated heterocycles. The van der Waals surface area contributed by atoms with E-state index in [0.717, 1.165) is 61.9 Å². The highest BCUT2D eigenvalue weighted by atomic mass is 16.5. The van der Waals surface area contributed by atoms with E-state index in [1.807, 2.05) is 60.7 Å². The fourth-order valence-corrected chi connectivity index (χ4v) is 4.14. The maximum Gasteiger partial charge on any atom is 0.238 e. The lowest BCUT2D eigenvalue weighted by molar-refractivity contribution is -0.117. The lowest BCUT2D eigenvalue weighted by atomic mass is 10.0. The van der Waals surface area contributed by atoms with Gasteiger partial charge in [-0.2, -0.15) is 0 Å². The number of benzene rings is 3. The molecule has 0 bridgehead atoms. The van der Waals surface area contributed by atoms with Gasteiger partial charge in [0.05, 0.1) is 13.7 Å². The lowest BCUT2D eigenvalue weighted by Gasteiger charge is -2.34. The van der Waals surface area contributed by atoms with Gasteiger partial charge in [-0.15, -0.1) is 0 Å². The second kappa shape index (κ2) is 12.2. The fraction of sp³-hybridized carbons (Fsp3) is 0.321. The van der Waals surface area contributed by atoms with Gasteiger partial charge in [-0.1, -0.05) is 48.5 Å². The van der Waals surface area contributed by atoms with Crippen LogP contribution in [-0.4, -0.2) is 68.7 Å². The quantitative estimate of drug-likeness (QED) is 0.498. The van der Waals surface area contributed by atoms with E-state index < -0.39 is 0 Å². The molecule has 1 aliphatic rings. The average molecular weight is 460 g/mol. The third-order valence-corrected chi connectivity index (χ3v) is 6.10. The van der Waals surface area contributed by atoms with Gasteiger partial charge in [0.25, 0.3) is 0 Å². The molecule has 4 rings (SSSR count). The van der Waals surface area contributed by atoms with Crippen molar-refractivity contribution in [3.63, 3.8) is 0 Å². The van der Waals surface area contributed by atoms with Crippen LogP contribution in [0.3, 0.4) is 0 Å². The number of nitrogens with one attached hydrogen (secondary N) is 1. The second-order valence-electron chi connectivity index (χ2n) is 8.51. The van der Waals surface area contributed by atoms with Crippen molar-refractivity contribution in [2.75, 3.05) is 58.3 Å². The maximum absolute atomic E-state index is 12.7. The van der Waals surface area contributed by atoms with Crippen LogP contribution < -0.4 is 14.8 Å². The highest BCUT2D eigenvalue weighted by Crippen LogP contribution is 2.19. The van der Waals surface area contributed by atoms with Crippen molar-refractivity contribution in [2.45, 2.75) is 6.42 Å². The van der Waals surface area contributed by atoms with E-state index in [0.29, 0.717) is 13.2 Å².